The molecular weight excluding hydrogens is 1130 g/mol. The number of benzene rings is 6. The lowest BCUT2D eigenvalue weighted by Gasteiger charge is -2.12. The summed E-state index contributed by atoms with van der Waals surface area (Å²) in [6.45, 7) is 7.73. The summed E-state index contributed by atoms with van der Waals surface area (Å²) >= 11 is 0. The Morgan fingerprint density at radius 2 is 0.544 bits per heavy atom. The van der Waals surface area contributed by atoms with Crippen LogP contribution in [0.1, 0.15) is 89.9 Å². The molecule has 0 fully saturated rings. The number of nitrogens with one attached hydrogen (secondary N) is 4. The summed E-state index contributed by atoms with van der Waals surface area (Å²) < 4.78 is 37.8. The van der Waals surface area contributed by atoms with Crippen molar-refractivity contribution in [2.75, 3.05) is 122 Å². The fourth-order valence-electron chi connectivity index (χ4n) is 11.1. The maximum absolute atomic E-state index is 6.68. The average Bonchev–Trinajstić information content (AvgIpc) is 2.19. The lowest BCUT2D eigenvalue weighted by molar-refractivity contribution is 0.282. The van der Waals surface area contributed by atoms with Gasteiger partial charge in [0.05, 0.1) is 94.9 Å². The van der Waals surface area contributed by atoms with Gasteiger partial charge in [-0.1, -0.05) is 63.5 Å². The first-order valence-electron chi connectivity index (χ1n) is 32.5. The molecule has 0 unspecified atom stereocenters. The normalized spacial score (nSPS) is 11.9. The van der Waals surface area contributed by atoms with Crippen molar-refractivity contribution < 1.29 is 28.4 Å². The van der Waals surface area contributed by atoms with Crippen LogP contribution in [0, 0.1) is 0 Å². The first kappa shape index (κ1) is 64.8. The lowest BCUT2D eigenvalue weighted by atomic mass is 10.1. The van der Waals surface area contributed by atoms with Crippen LogP contribution in [0.25, 0.3) is 89.7 Å². The molecule has 0 aliphatic carbocycles. The minimum absolute atomic E-state index is 0.602. The van der Waals surface area contributed by atoms with Gasteiger partial charge in [0.1, 0.15) is 57.8 Å². The van der Waals surface area contributed by atoms with Gasteiger partial charge < -0.3 is 68.0 Å². The van der Waals surface area contributed by atoms with Gasteiger partial charge in [0.15, 0.2) is 0 Å². The van der Waals surface area contributed by atoms with Gasteiger partial charge in [0.2, 0.25) is 0 Å². The molecule has 0 saturated carbocycles. The Balaban J connectivity index is 0.708. The molecule has 0 aliphatic rings. The molecule has 0 spiro atoms. The Morgan fingerprint density at radius 1 is 0.278 bits per heavy atom. The van der Waals surface area contributed by atoms with Crippen molar-refractivity contribution in [1.82, 2.24) is 59.5 Å². The van der Waals surface area contributed by atoms with Crippen molar-refractivity contribution in [3.63, 3.8) is 0 Å². The third-order valence-corrected chi connectivity index (χ3v) is 16.0. The van der Waals surface area contributed by atoms with Crippen molar-refractivity contribution in [3.8, 4) is 80.0 Å². The summed E-state index contributed by atoms with van der Waals surface area (Å²) in [5.41, 5.74) is 10.9. The van der Waals surface area contributed by atoms with Crippen molar-refractivity contribution >= 4 is 44.1 Å². The van der Waals surface area contributed by atoms with Gasteiger partial charge in [0, 0.05) is 61.6 Å². The highest BCUT2D eigenvalue weighted by molar-refractivity contribution is 5.86. The van der Waals surface area contributed by atoms with Crippen LogP contribution in [-0.4, -0.2) is 182 Å². The number of unbranched alkanes of at least 4 members (excludes halogenated alkanes) is 9. The largest absolute Gasteiger partial charge is 0.493 e. The van der Waals surface area contributed by atoms with Crippen LogP contribution in [-0.2, 0) is 0 Å². The molecular formula is C72H94N12O6. The summed E-state index contributed by atoms with van der Waals surface area (Å²) in [5, 5.41) is 0. The maximum atomic E-state index is 6.68. The summed E-state index contributed by atoms with van der Waals surface area (Å²) in [7, 11) is 16.6. The zero-order chi connectivity index (χ0) is 62.6. The van der Waals surface area contributed by atoms with E-state index in [1.165, 1.54) is 38.5 Å². The third kappa shape index (κ3) is 18.7. The van der Waals surface area contributed by atoms with Crippen LogP contribution in [0.3, 0.4) is 0 Å². The second-order valence-electron chi connectivity index (χ2n) is 24.7. The van der Waals surface area contributed by atoms with Gasteiger partial charge in [-0.2, -0.15) is 0 Å². The predicted molar refractivity (Wildman–Crippen MR) is 365 cm³/mol. The molecule has 4 N–H and O–H groups in total. The number of ether oxygens (including phenoxy) is 6. The number of aromatic nitrogens is 8. The molecule has 4 aromatic heterocycles. The molecule has 10 aromatic rings. The Kier molecular flexibility index (Phi) is 23.4. The van der Waals surface area contributed by atoms with Gasteiger partial charge in [-0.3, -0.25) is 0 Å². The zero-order valence-electron chi connectivity index (χ0n) is 54.4. The molecule has 0 amide bonds. The van der Waals surface area contributed by atoms with E-state index in [2.05, 4.69) is 132 Å². The van der Waals surface area contributed by atoms with Crippen molar-refractivity contribution in [1.29, 1.82) is 0 Å². The van der Waals surface area contributed by atoms with Gasteiger partial charge in [-0.25, -0.2) is 19.9 Å². The molecule has 0 radical (unpaired) electrons. The van der Waals surface area contributed by atoms with Crippen LogP contribution in [0.2, 0.25) is 0 Å². The number of rotatable bonds is 39. The first-order chi connectivity index (χ1) is 43.9. The molecule has 478 valence electrons. The highest BCUT2D eigenvalue weighted by Gasteiger charge is 2.19. The molecule has 18 nitrogen and oxygen atoms in total. The molecule has 6 aromatic carbocycles. The van der Waals surface area contributed by atoms with E-state index in [1.807, 2.05) is 72.8 Å². The maximum Gasteiger partial charge on any atom is 0.142 e. The molecule has 0 atom stereocenters. The number of imidazole rings is 4. The van der Waals surface area contributed by atoms with E-state index in [9.17, 15) is 0 Å². The van der Waals surface area contributed by atoms with E-state index >= 15 is 0 Å². The van der Waals surface area contributed by atoms with Gasteiger partial charge in [-0.05, 0) is 168 Å². The standard InChI is InChI=1S/C72H94N12O6/c1-81(2)35-19-41-85-53-25-31-59-63(47-53)77-69(73-59)51-23-29-57(71-75-61-33-27-55(49-65(61)79-71)87-43-21-37-83(5)6)67(45-51)89-39-17-15-13-11-9-10-12-14-16-18-40-90-68-46-52(70-74-60-32-26-54(48-64(60)78-70)86-42-20-36-82(3)4)24-30-58(68)72-76-62-34-28-56(50-66(62)80-72)88-44-22-38-84(7)8/h23-34,45-50H,9-22,35-44H2,1-8H3,(H,73,77)(H,74,78)(H,75,79)(H,76,80). The Bertz CT molecular complexity index is 3600. The topological polar surface area (TPSA) is 183 Å². The number of hydrogen-bond donors (Lipinski definition) is 4. The third-order valence-electron chi connectivity index (χ3n) is 16.0. The summed E-state index contributed by atoms with van der Waals surface area (Å²) in [6, 6.07) is 36.7. The predicted octanol–water partition coefficient (Wildman–Crippen LogP) is 14.5. The number of aromatic amines is 4. The summed E-state index contributed by atoms with van der Waals surface area (Å²) in [5.74, 6) is 7.89. The van der Waals surface area contributed by atoms with E-state index < -0.39 is 0 Å². The van der Waals surface area contributed by atoms with Gasteiger partial charge in [-0.15, -0.1) is 0 Å². The molecule has 10 rings (SSSR count). The number of H-pyrrole nitrogens is 4. The van der Waals surface area contributed by atoms with E-state index in [0.717, 1.165) is 202 Å². The molecule has 90 heavy (non-hydrogen) atoms. The van der Waals surface area contributed by atoms with Crippen LogP contribution in [0.15, 0.2) is 109 Å². The lowest BCUT2D eigenvalue weighted by Crippen LogP contribution is -2.15. The van der Waals surface area contributed by atoms with E-state index in [-0.39, 0.29) is 0 Å². The SMILES string of the molecule is CN(C)CCCOc1ccc2nc(-c3ccc(-c4nc5ccc(OCCCN(C)C)cc5[nH]4)c(OCCCCCCCCCCCCOc4cc(-c5nc6ccc(OCCCN(C)C)cc6[nH]5)ccc4-c4nc5ccc(OCCCN(C)C)cc5[nH]4)c3)[nH]c2c1. The molecule has 18 heteroatoms. The quantitative estimate of drug-likeness (QED) is 0.0267. The highest BCUT2D eigenvalue weighted by Crippen LogP contribution is 2.37. The van der Waals surface area contributed by atoms with E-state index in [4.69, 9.17) is 48.4 Å². The molecule has 0 saturated heterocycles. The van der Waals surface area contributed by atoms with Crippen LogP contribution in [0.4, 0.5) is 0 Å². The van der Waals surface area contributed by atoms with Crippen LogP contribution >= 0.6 is 0 Å². The Morgan fingerprint density at radius 3 is 0.844 bits per heavy atom. The highest BCUT2D eigenvalue weighted by atomic mass is 16.5. The van der Waals surface area contributed by atoms with E-state index in [0.29, 0.717) is 39.6 Å². The van der Waals surface area contributed by atoms with Crippen LogP contribution < -0.4 is 28.4 Å². The Labute approximate surface area is 531 Å². The smallest absolute Gasteiger partial charge is 0.142 e. The molecule has 4 heterocycles. The fraction of sp³-hybridized carbons (Fsp3) is 0.444. The average molecular weight is 1220 g/mol. The zero-order valence-corrected chi connectivity index (χ0v) is 54.4. The number of fused-ring (bicyclic) bond motifs is 4. The number of hydrogen-bond acceptors (Lipinski definition) is 14. The first-order valence-corrected chi connectivity index (χ1v) is 32.5. The minimum Gasteiger partial charge on any atom is -0.493 e. The van der Waals surface area contributed by atoms with Gasteiger partial charge in [0.25, 0.3) is 0 Å². The van der Waals surface area contributed by atoms with Crippen LogP contribution in [0.5, 0.6) is 34.5 Å². The van der Waals surface area contributed by atoms with Crippen molar-refractivity contribution in [3.05, 3.63) is 109 Å². The molecule has 0 aliphatic heterocycles. The van der Waals surface area contributed by atoms with E-state index in [1.54, 1.807) is 0 Å². The van der Waals surface area contributed by atoms with Crippen molar-refractivity contribution in [2.45, 2.75) is 89.9 Å². The Hall–Kier alpha value is -8.16. The van der Waals surface area contributed by atoms with Gasteiger partial charge >= 0.3 is 0 Å². The minimum atomic E-state index is 0.602. The van der Waals surface area contributed by atoms with Crippen molar-refractivity contribution in [2.24, 2.45) is 0 Å². The summed E-state index contributed by atoms with van der Waals surface area (Å²) in [4.78, 5) is 42.9. The molecule has 0 bridgehead atoms. The second-order valence-corrected chi connectivity index (χ2v) is 24.7. The fourth-order valence-corrected chi connectivity index (χ4v) is 11.1. The number of nitrogens with zero attached hydrogens (tertiary/aromatic N) is 8. The summed E-state index contributed by atoms with van der Waals surface area (Å²) in [6.07, 6.45) is 15.2. The monoisotopic (exact) mass is 1220 g/mol. The second kappa shape index (κ2) is 32.5.